The van der Waals surface area contributed by atoms with E-state index in [1.54, 1.807) is 18.2 Å². The fourth-order valence-electron chi connectivity index (χ4n) is 5.20. The number of nitrogens with one attached hydrogen (secondary N) is 2. The Labute approximate surface area is 225 Å². The minimum atomic E-state index is -0.954. The maximum Gasteiger partial charge on any atom is 0.305 e. The second-order valence-electron chi connectivity index (χ2n) is 11.3. The van der Waals surface area contributed by atoms with Crippen LogP contribution in [0.25, 0.3) is 0 Å². The molecule has 2 aromatic carbocycles. The van der Waals surface area contributed by atoms with E-state index >= 15 is 0 Å². The van der Waals surface area contributed by atoms with E-state index in [-0.39, 0.29) is 42.0 Å². The minimum Gasteiger partial charge on any atom is -0.481 e. The van der Waals surface area contributed by atoms with Crippen LogP contribution in [0.4, 0.5) is 5.69 Å². The third kappa shape index (κ3) is 8.32. The molecule has 1 aliphatic carbocycles. The first-order valence-electron chi connectivity index (χ1n) is 13.1. The van der Waals surface area contributed by atoms with Gasteiger partial charge in [0, 0.05) is 28.7 Å². The summed E-state index contributed by atoms with van der Waals surface area (Å²) in [5, 5.41) is 15.1. The summed E-state index contributed by atoms with van der Waals surface area (Å²) in [5.41, 5.74) is 3.38. The number of hydrogen-bond donors (Lipinski definition) is 3. The average Bonchev–Trinajstić information content (AvgIpc) is 2.84. The monoisotopic (exact) mass is 526 g/mol. The number of aryl methyl sites for hydroxylation is 1. The highest BCUT2D eigenvalue weighted by Gasteiger charge is 2.35. The lowest BCUT2D eigenvalue weighted by Crippen LogP contribution is -2.35. The van der Waals surface area contributed by atoms with Gasteiger partial charge in [-0.2, -0.15) is 0 Å². The molecule has 0 aromatic heterocycles. The van der Waals surface area contributed by atoms with Crippen molar-refractivity contribution in [3.63, 3.8) is 0 Å². The standard InChI is InChI=1S/C30H39ClN2O4/c1-19-5-14-24(18-26(19)31)33-29(37)25(21-10-12-23(13-11-21)30(2,3)4)17-20-6-8-22(9-7-20)28(36)32-16-15-27(34)35/h5-9,14,18,21,23,25H,10-13,15-17H2,1-4H3,(H,32,36)(H,33,37)(H,34,35). The lowest BCUT2D eigenvalue weighted by atomic mass is 9.66. The van der Waals surface area contributed by atoms with Crippen molar-refractivity contribution in [2.45, 2.75) is 66.2 Å². The minimum absolute atomic E-state index is 0.00498. The zero-order valence-corrected chi connectivity index (χ0v) is 23.0. The van der Waals surface area contributed by atoms with Crippen LogP contribution in [0.5, 0.6) is 0 Å². The highest BCUT2D eigenvalue weighted by molar-refractivity contribution is 6.31. The summed E-state index contributed by atoms with van der Waals surface area (Å²) in [4.78, 5) is 36.5. The van der Waals surface area contributed by atoms with Gasteiger partial charge in [0.05, 0.1) is 6.42 Å². The Bertz CT molecular complexity index is 1100. The number of carboxylic acid groups (broad SMARTS) is 1. The fourth-order valence-corrected chi connectivity index (χ4v) is 5.38. The largest absolute Gasteiger partial charge is 0.481 e. The topological polar surface area (TPSA) is 95.5 Å². The first kappa shape index (κ1) is 28.7. The number of hydrogen-bond acceptors (Lipinski definition) is 3. The van der Waals surface area contributed by atoms with Gasteiger partial charge in [0.15, 0.2) is 0 Å². The van der Waals surface area contributed by atoms with Crippen LogP contribution in [-0.4, -0.2) is 29.4 Å². The molecule has 200 valence electrons. The third-order valence-corrected chi connectivity index (χ3v) is 8.05. The van der Waals surface area contributed by atoms with Gasteiger partial charge in [0.25, 0.3) is 5.91 Å². The lowest BCUT2D eigenvalue weighted by molar-refractivity contribution is -0.136. The summed E-state index contributed by atoms with van der Waals surface area (Å²) in [5.74, 6) is -0.532. The molecule has 1 aliphatic rings. The second kappa shape index (κ2) is 12.6. The Kier molecular flexibility index (Phi) is 9.77. The van der Waals surface area contributed by atoms with E-state index < -0.39 is 5.97 Å². The van der Waals surface area contributed by atoms with Gasteiger partial charge in [-0.05, 0) is 91.7 Å². The van der Waals surface area contributed by atoms with Crippen LogP contribution in [0, 0.1) is 30.1 Å². The van der Waals surface area contributed by atoms with Crippen molar-refractivity contribution in [3.05, 3.63) is 64.2 Å². The molecule has 1 saturated carbocycles. The zero-order chi connectivity index (χ0) is 27.2. The van der Waals surface area contributed by atoms with Crippen molar-refractivity contribution < 1.29 is 19.5 Å². The van der Waals surface area contributed by atoms with Gasteiger partial charge in [0.2, 0.25) is 5.91 Å². The van der Waals surface area contributed by atoms with Crippen molar-refractivity contribution in [3.8, 4) is 0 Å². The molecule has 0 spiro atoms. The predicted octanol–water partition coefficient (Wildman–Crippen LogP) is 6.50. The Hall–Kier alpha value is -2.86. The number of amides is 2. The number of carbonyl (C=O) groups is 3. The molecule has 0 heterocycles. The average molecular weight is 527 g/mol. The van der Waals surface area contributed by atoms with E-state index in [4.69, 9.17) is 16.7 Å². The number of aliphatic carboxylic acids is 1. The molecule has 0 saturated heterocycles. The number of halogens is 1. The molecule has 0 bridgehead atoms. The van der Waals surface area contributed by atoms with Crippen LogP contribution >= 0.6 is 11.6 Å². The van der Waals surface area contributed by atoms with Gasteiger partial charge in [0.1, 0.15) is 0 Å². The highest BCUT2D eigenvalue weighted by Crippen LogP contribution is 2.42. The first-order valence-corrected chi connectivity index (χ1v) is 13.5. The summed E-state index contributed by atoms with van der Waals surface area (Å²) in [6.45, 7) is 8.90. The third-order valence-electron chi connectivity index (χ3n) is 7.64. The van der Waals surface area contributed by atoms with Crippen molar-refractivity contribution in [1.82, 2.24) is 5.32 Å². The van der Waals surface area contributed by atoms with Crippen LogP contribution in [0.1, 0.15) is 74.4 Å². The van der Waals surface area contributed by atoms with Gasteiger partial charge in [-0.15, -0.1) is 0 Å². The van der Waals surface area contributed by atoms with Crippen LogP contribution in [0.15, 0.2) is 42.5 Å². The number of carbonyl (C=O) groups excluding carboxylic acids is 2. The van der Waals surface area contributed by atoms with Gasteiger partial charge >= 0.3 is 5.97 Å². The van der Waals surface area contributed by atoms with Gasteiger partial charge in [-0.1, -0.05) is 50.6 Å². The van der Waals surface area contributed by atoms with E-state index in [1.807, 2.05) is 31.2 Å². The maximum atomic E-state index is 13.6. The van der Waals surface area contributed by atoms with E-state index in [2.05, 4.69) is 31.4 Å². The van der Waals surface area contributed by atoms with E-state index in [9.17, 15) is 14.4 Å². The van der Waals surface area contributed by atoms with E-state index in [0.717, 1.165) is 36.8 Å². The van der Waals surface area contributed by atoms with Crippen LogP contribution < -0.4 is 10.6 Å². The zero-order valence-electron chi connectivity index (χ0n) is 22.3. The molecule has 0 radical (unpaired) electrons. The van der Waals surface area contributed by atoms with E-state index in [0.29, 0.717) is 28.6 Å². The number of benzene rings is 2. The molecule has 3 N–H and O–H groups in total. The fraction of sp³-hybridized carbons (Fsp3) is 0.500. The summed E-state index contributed by atoms with van der Waals surface area (Å²) in [7, 11) is 0. The Morgan fingerprint density at radius 2 is 1.68 bits per heavy atom. The molecule has 1 fully saturated rings. The maximum absolute atomic E-state index is 13.6. The van der Waals surface area contributed by atoms with Crippen molar-refractivity contribution in [2.75, 3.05) is 11.9 Å². The molecule has 0 aliphatic heterocycles. The van der Waals surface area contributed by atoms with Crippen molar-refractivity contribution >= 4 is 35.1 Å². The van der Waals surface area contributed by atoms with Crippen LogP contribution in [-0.2, 0) is 16.0 Å². The van der Waals surface area contributed by atoms with Crippen LogP contribution in [0.3, 0.4) is 0 Å². The quantitative estimate of drug-likeness (QED) is 0.347. The summed E-state index contributed by atoms with van der Waals surface area (Å²) >= 11 is 6.29. The summed E-state index contributed by atoms with van der Waals surface area (Å²) in [6.07, 6.45) is 4.71. The Morgan fingerprint density at radius 3 is 2.24 bits per heavy atom. The Balaban J connectivity index is 1.73. The molecule has 6 nitrogen and oxygen atoms in total. The SMILES string of the molecule is Cc1ccc(NC(=O)C(Cc2ccc(C(=O)NCCC(=O)O)cc2)C2CCC(C(C)(C)C)CC2)cc1Cl. The first-order chi connectivity index (χ1) is 17.4. The molecule has 1 unspecified atom stereocenters. The predicted molar refractivity (Wildman–Crippen MR) is 148 cm³/mol. The van der Waals surface area contributed by atoms with Crippen molar-refractivity contribution in [1.29, 1.82) is 0 Å². The Morgan fingerprint density at radius 1 is 1.03 bits per heavy atom. The molecule has 37 heavy (non-hydrogen) atoms. The molecule has 2 amide bonds. The van der Waals surface area contributed by atoms with Gasteiger partial charge in [-0.3, -0.25) is 14.4 Å². The summed E-state index contributed by atoms with van der Waals surface area (Å²) in [6, 6.07) is 12.8. The lowest BCUT2D eigenvalue weighted by Gasteiger charge is -2.39. The molecule has 3 rings (SSSR count). The van der Waals surface area contributed by atoms with Crippen molar-refractivity contribution in [2.24, 2.45) is 23.2 Å². The molecule has 7 heteroatoms. The van der Waals surface area contributed by atoms with Crippen LogP contribution in [0.2, 0.25) is 5.02 Å². The number of rotatable bonds is 9. The molecule has 1 atom stereocenters. The summed E-state index contributed by atoms with van der Waals surface area (Å²) < 4.78 is 0. The van der Waals surface area contributed by atoms with Gasteiger partial charge in [-0.25, -0.2) is 0 Å². The second-order valence-corrected chi connectivity index (χ2v) is 11.7. The normalized spacial score (nSPS) is 18.6. The van der Waals surface area contributed by atoms with E-state index in [1.165, 1.54) is 0 Å². The highest BCUT2D eigenvalue weighted by atomic mass is 35.5. The smallest absolute Gasteiger partial charge is 0.305 e. The molecule has 2 aromatic rings. The molecular formula is C30H39ClN2O4. The number of carboxylic acids is 1. The molecular weight excluding hydrogens is 488 g/mol. The van der Waals surface area contributed by atoms with Gasteiger partial charge < -0.3 is 15.7 Å². The number of anilines is 1.